The zero-order chi connectivity index (χ0) is 16.0. The zero-order valence-corrected chi connectivity index (χ0v) is 15.3. The van der Waals surface area contributed by atoms with Crippen LogP contribution in [0.2, 0.25) is 0 Å². The lowest BCUT2D eigenvalue weighted by molar-refractivity contribution is 0.256. The number of halogens is 1. The molecule has 1 unspecified atom stereocenters. The Morgan fingerprint density at radius 3 is 2.71 bits per heavy atom. The lowest BCUT2D eigenvalue weighted by Crippen LogP contribution is -2.37. The highest BCUT2D eigenvalue weighted by molar-refractivity contribution is 9.10. The summed E-state index contributed by atoms with van der Waals surface area (Å²) in [5, 5.41) is 2.79. The van der Waals surface area contributed by atoms with Crippen LogP contribution in [0.1, 0.15) is 20.3 Å². The van der Waals surface area contributed by atoms with Crippen LogP contribution in [-0.2, 0) is 10.0 Å². The van der Waals surface area contributed by atoms with Gasteiger partial charge in [0.15, 0.2) is 0 Å². The van der Waals surface area contributed by atoms with Crippen molar-refractivity contribution in [3.05, 3.63) is 16.7 Å². The smallest absolute Gasteiger partial charge is 0.244 e. The van der Waals surface area contributed by atoms with Crippen molar-refractivity contribution in [3.8, 4) is 0 Å². The van der Waals surface area contributed by atoms with Crippen molar-refractivity contribution < 1.29 is 8.42 Å². The fraction of sp³-hybridized carbons (Fsp3) is 0.615. The minimum atomic E-state index is -3.59. The molecular formula is C13H23BrN4O2S. The standard InChI is InChI=1S/C13H23BrN4O2S/c1-5-10(2)18(4)7-6-17-21(19,20)12-8-11(14)9-16-13(12)15-3/h8-10,17H,5-7H2,1-4H3,(H,15,16). The average molecular weight is 379 g/mol. The molecule has 0 fully saturated rings. The summed E-state index contributed by atoms with van der Waals surface area (Å²) in [6, 6.07) is 1.97. The fourth-order valence-electron chi connectivity index (χ4n) is 1.78. The molecule has 1 atom stereocenters. The van der Waals surface area contributed by atoms with Gasteiger partial charge >= 0.3 is 0 Å². The van der Waals surface area contributed by atoms with Crippen molar-refractivity contribution in [2.45, 2.75) is 31.2 Å². The SMILES string of the molecule is CCC(C)N(C)CCNS(=O)(=O)c1cc(Br)cnc1NC. The number of anilines is 1. The summed E-state index contributed by atoms with van der Waals surface area (Å²) < 4.78 is 27.9. The largest absolute Gasteiger partial charge is 0.372 e. The van der Waals surface area contributed by atoms with E-state index >= 15 is 0 Å². The minimum Gasteiger partial charge on any atom is -0.372 e. The average Bonchev–Trinajstić information content (AvgIpc) is 2.46. The van der Waals surface area contributed by atoms with E-state index in [1.165, 1.54) is 0 Å². The molecule has 0 radical (unpaired) electrons. The van der Waals surface area contributed by atoms with Crippen LogP contribution < -0.4 is 10.0 Å². The third-order valence-corrected chi connectivity index (χ3v) is 5.35. The third-order valence-electron chi connectivity index (χ3n) is 3.45. The lowest BCUT2D eigenvalue weighted by Gasteiger charge is -2.23. The van der Waals surface area contributed by atoms with Crippen molar-refractivity contribution in [1.82, 2.24) is 14.6 Å². The topological polar surface area (TPSA) is 74.3 Å². The summed E-state index contributed by atoms with van der Waals surface area (Å²) in [6.45, 7) is 5.24. The van der Waals surface area contributed by atoms with Gasteiger partial charge < -0.3 is 10.2 Å². The first-order chi connectivity index (χ1) is 9.81. The number of hydrogen-bond acceptors (Lipinski definition) is 5. The number of sulfonamides is 1. The van der Waals surface area contributed by atoms with Crippen LogP contribution in [0.15, 0.2) is 21.6 Å². The normalized spacial score (nSPS) is 13.4. The molecule has 2 N–H and O–H groups in total. The summed E-state index contributed by atoms with van der Waals surface area (Å²) in [7, 11) is 0.0478. The van der Waals surface area contributed by atoms with Crippen LogP contribution in [0.4, 0.5) is 5.82 Å². The van der Waals surface area contributed by atoms with Gasteiger partial charge in [0.1, 0.15) is 10.7 Å². The number of pyridine rings is 1. The van der Waals surface area contributed by atoms with E-state index in [0.29, 0.717) is 29.4 Å². The summed E-state index contributed by atoms with van der Waals surface area (Å²) >= 11 is 3.25. The van der Waals surface area contributed by atoms with Gasteiger partial charge in [0.2, 0.25) is 10.0 Å². The second-order valence-corrected chi connectivity index (χ2v) is 7.54. The predicted octanol–water partition coefficient (Wildman–Crippen LogP) is 1.89. The first-order valence-electron chi connectivity index (χ1n) is 6.85. The van der Waals surface area contributed by atoms with E-state index in [0.717, 1.165) is 6.42 Å². The van der Waals surface area contributed by atoms with E-state index in [9.17, 15) is 8.42 Å². The molecule has 0 aliphatic rings. The first-order valence-corrected chi connectivity index (χ1v) is 9.12. The number of likely N-dealkylation sites (N-methyl/N-ethyl adjacent to an activating group) is 1. The molecule has 0 spiro atoms. The van der Waals surface area contributed by atoms with Crippen molar-refractivity contribution in [1.29, 1.82) is 0 Å². The van der Waals surface area contributed by atoms with E-state index in [1.807, 2.05) is 7.05 Å². The number of nitrogens with zero attached hydrogens (tertiary/aromatic N) is 2. The van der Waals surface area contributed by atoms with Crippen molar-refractivity contribution in [2.24, 2.45) is 0 Å². The third kappa shape index (κ3) is 5.21. The van der Waals surface area contributed by atoms with Crippen LogP contribution in [0.25, 0.3) is 0 Å². The number of rotatable bonds is 8. The molecule has 0 saturated carbocycles. The number of nitrogens with one attached hydrogen (secondary N) is 2. The maximum Gasteiger partial charge on any atom is 0.244 e. The maximum absolute atomic E-state index is 12.4. The van der Waals surface area contributed by atoms with Gasteiger partial charge in [0, 0.05) is 36.8 Å². The van der Waals surface area contributed by atoms with Gasteiger partial charge in [0.25, 0.3) is 0 Å². The Morgan fingerprint density at radius 1 is 1.48 bits per heavy atom. The molecule has 0 amide bonds. The maximum atomic E-state index is 12.4. The molecule has 6 nitrogen and oxygen atoms in total. The van der Waals surface area contributed by atoms with Gasteiger partial charge in [-0.15, -0.1) is 0 Å². The Bertz CT molecular complexity index is 565. The molecule has 8 heteroatoms. The Balaban J connectivity index is 2.76. The van der Waals surface area contributed by atoms with Crippen molar-refractivity contribution >= 4 is 31.8 Å². The van der Waals surface area contributed by atoms with Crippen LogP contribution in [0.3, 0.4) is 0 Å². The number of hydrogen-bond donors (Lipinski definition) is 2. The second kappa shape index (κ2) is 8.07. The van der Waals surface area contributed by atoms with Crippen LogP contribution in [-0.4, -0.2) is 51.5 Å². The zero-order valence-electron chi connectivity index (χ0n) is 12.9. The van der Waals surface area contributed by atoms with E-state index in [4.69, 9.17) is 0 Å². The molecule has 1 rings (SSSR count). The van der Waals surface area contributed by atoms with E-state index in [1.54, 1.807) is 19.3 Å². The molecule has 0 aromatic carbocycles. The van der Waals surface area contributed by atoms with E-state index < -0.39 is 10.0 Å². The summed E-state index contributed by atoms with van der Waals surface area (Å²) in [5.74, 6) is 0.334. The molecular weight excluding hydrogens is 356 g/mol. The molecule has 1 heterocycles. The lowest BCUT2D eigenvalue weighted by atomic mass is 10.2. The van der Waals surface area contributed by atoms with Crippen molar-refractivity contribution in [3.63, 3.8) is 0 Å². The molecule has 120 valence electrons. The first kappa shape index (κ1) is 18.3. The Kier molecular flexibility index (Phi) is 7.05. The summed E-state index contributed by atoms with van der Waals surface area (Å²) in [4.78, 5) is 6.33. The second-order valence-electron chi connectivity index (χ2n) is 4.89. The quantitative estimate of drug-likeness (QED) is 0.722. The van der Waals surface area contributed by atoms with Crippen LogP contribution in [0.5, 0.6) is 0 Å². The van der Waals surface area contributed by atoms with Gasteiger partial charge in [-0.2, -0.15) is 0 Å². The molecule has 1 aromatic heterocycles. The molecule has 21 heavy (non-hydrogen) atoms. The highest BCUT2D eigenvalue weighted by Crippen LogP contribution is 2.22. The Labute approximate surface area is 135 Å². The summed E-state index contributed by atoms with van der Waals surface area (Å²) in [6.07, 6.45) is 2.59. The van der Waals surface area contributed by atoms with E-state index in [2.05, 4.69) is 49.7 Å². The monoisotopic (exact) mass is 378 g/mol. The van der Waals surface area contributed by atoms with Gasteiger partial charge in [-0.1, -0.05) is 6.92 Å². The van der Waals surface area contributed by atoms with Crippen molar-refractivity contribution in [2.75, 3.05) is 32.5 Å². The van der Waals surface area contributed by atoms with Gasteiger partial charge in [-0.05, 0) is 42.4 Å². The highest BCUT2D eigenvalue weighted by Gasteiger charge is 2.19. The summed E-state index contributed by atoms with van der Waals surface area (Å²) in [5.41, 5.74) is 0. The van der Waals surface area contributed by atoms with Crippen LogP contribution in [0, 0.1) is 0 Å². The molecule has 0 aliphatic carbocycles. The number of aromatic nitrogens is 1. The van der Waals surface area contributed by atoms with Gasteiger partial charge in [-0.3, -0.25) is 0 Å². The minimum absolute atomic E-state index is 0.144. The molecule has 0 aliphatic heterocycles. The highest BCUT2D eigenvalue weighted by atomic mass is 79.9. The van der Waals surface area contributed by atoms with Gasteiger partial charge in [0.05, 0.1) is 0 Å². The fourth-order valence-corrected chi connectivity index (χ4v) is 3.47. The molecule has 1 aromatic rings. The van der Waals surface area contributed by atoms with Crippen LogP contribution >= 0.6 is 15.9 Å². The van der Waals surface area contributed by atoms with Gasteiger partial charge in [-0.25, -0.2) is 18.1 Å². The predicted molar refractivity (Wildman–Crippen MR) is 89.1 cm³/mol. The molecule has 0 bridgehead atoms. The Hall–Kier alpha value is -0.700. The molecule has 0 saturated heterocycles. The Morgan fingerprint density at radius 2 is 2.14 bits per heavy atom. The van der Waals surface area contributed by atoms with E-state index in [-0.39, 0.29) is 4.90 Å².